The van der Waals surface area contributed by atoms with Crippen molar-refractivity contribution in [1.82, 2.24) is 19.9 Å². The number of benzene rings is 4. The highest BCUT2D eigenvalue weighted by atomic mass is 35.5. The summed E-state index contributed by atoms with van der Waals surface area (Å²) in [6, 6.07) is 39.5. The molecule has 0 amide bonds. The van der Waals surface area contributed by atoms with Crippen LogP contribution in [-0.2, 0) is 0 Å². The first-order valence-electron chi connectivity index (χ1n) is 18.2. The predicted molar refractivity (Wildman–Crippen MR) is 246 cm³/mol. The molecule has 0 saturated carbocycles. The smallest absolute Gasteiger partial charge is 0.219 e. The minimum absolute atomic E-state index is 0.0160. The lowest BCUT2D eigenvalue weighted by atomic mass is 10.0. The molecule has 278 valence electrons. The number of H-pyrrole nitrogens is 2. The molecule has 0 spiro atoms. The van der Waals surface area contributed by atoms with Crippen molar-refractivity contribution in [3.05, 3.63) is 165 Å². The second-order valence-corrected chi connectivity index (χ2v) is 16.3. The number of nitrogens with zero attached hydrogens (tertiary/aromatic N) is 2. The van der Waals surface area contributed by atoms with Crippen LogP contribution < -0.4 is 0 Å². The second kappa shape index (κ2) is 15.9. The van der Waals surface area contributed by atoms with E-state index in [1.54, 1.807) is 0 Å². The third-order valence-electron chi connectivity index (χ3n) is 9.89. The van der Waals surface area contributed by atoms with Crippen LogP contribution in [0.25, 0.3) is 90.9 Å². The molecule has 0 unspecified atom stereocenters. The van der Waals surface area contributed by atoms with Crippen molar-refractivity contribution in [2.75, 3.05) is 11.5 Å². The highest BCUT2D eigenvalue weighted by Gasteiger charge is 2.19. The first-order valence-corrected chi connectivity index (χ1v) is 20.9. The zero-order valence-corrected chi connectivity index (χ0v) is 34.0. The monoisotopic (exact) mass is 836 g/mol. The second-order valence-electron chi connectivity index (χ2n) is 13.5. The normalized spacial score (nSPS) is 12.0. The average molecular weight is 838 g/mol. The fourth-order valence-corrected chi connectivity index (χ4v) is 8.50. The number of hydrogen-bond donors (Lipinski definition) is 3. The first kappa shape index (κ1) is 37.3. The summed E-state index contributed by atoms with van der Waals surface area (Å²) < 4.78 is 0. The number of thiol groups is 1. The predicted octanol–water partition coefficient (Wildman–Crippen LogP) is 14.1. The van der Waals surface area contributed by atoms with Gasteiger partial charge in [-0.15, -0.1) is 0 Å². The van der Waals surface area contributed by atoms with Gasteiger partial charge >= 0.3 is 0 Å². The molecular weight excluding hydrogens is 807 g/mol. The van der Waals surface area contributed by atoms with E-state index >= 15 is 0 Å². The molecule has 5 nitrogen and oxygen atoms in total. The first-order chi connectivity index (χ1) is 27.8. The highest BCUT2D eigenvalue weighted by Crippen LogP contribution is 2.39. The van der Waals surface area contributed by atoms with Gasteiger partial charge in [0.1, 0.15) is 0 Å². The Bertz CT molecular complexity index is 2870. The minimum atomic E-state index is 0.0160. The summed E-state index contributed by atoms with van der Waals surface area (Å²) in [4.78, 5) is 31.1. The highest BCUT2D eigenvalue weighted by molar-refractivity contribution is 8.14. The van der Waals surface area contributed by atoms with E-state index in [0.29, 0.717) is 32.1 Å². The Balaban J connectivity index is 1.41. The number of rotatable bonds is 7. The van der Waals surface area contributed by atoms with Crippen LogP contribution in [0.1, 0.15) is 33.1 Å². The molecule has 2 N–H and O–H groups in total. The average Bonchev–Trinajstić information content (AvgIpc) is 4.07. The molecule has 5 heterocycles. The molecule has 2 aliphatic rings. The number of carbonyl (C=O) groups is 1. The van der Waals surface area contributed by atoms with E-state index in [-0.39, 0.29) is 5.12 Å². The Kier molecular flexibility index (Phi) is 10.4. The molecule has 8 bridgehead atoms. The van der Waals surface area contributed by atoms with E-state index in [9.17, 15) is 4.79 Å². The molecule has 0 aliphatic carbocycles. The van der Waals surface area contributed by atoms with Gasteiger partial charge in [-0.05, 0) is 125 Å². The lowest BCUT2D eigenvalue weighted by Gasteiger charge is -2.08. The van der Waals surface area contributed by atoms with E-state index in [2.05, 4.69) is 59.0 Å². The molecule has 57 heavy (non-hydrogen) atoms. The van der Waals surface area contributed by atoms with E-state index in [1.165, 1.54) is 11.8 Å². The maximum absolute atomic E-state index is 12.9. The van der Waals surface area contributed by atoms with Crippen molar-refractivity contribution in [1.29, 1.82) is 0 Å². The van der Waals surface area contributed by atoms with Gasteiger partial charge in [0, 0.05) is 70.7 Å². The summed E-state index contributed by atoms with van der Waals surface area (Å²) in [6.07, 6.45) is 8.21. The Morgan fingerprint density at radius 3 is 1.07 bits per heavy atom. The SMILES string of the molecule is O=C(SCCS)c1ccc(-c2c3nc(c(-c4ccc(Cl)cc4)c4ccc([nH]4)c(-c4ccc(Cl)cc4)c4nc(c(-c5ccc(Cl)cc5)c5ccc2[nH]5)C=C4)C=C3)cc1. The zero-order chi connectivity index (χ0) is 39.0. The van der Waals surface area contributed by atoms with Gasteiger partial charge in [0.2, 0.25) is 5.12 Å². The molecule has 2 aliphatic heterocycles. The summed E-state index contributed by atoms with van der Waals surface area (Å²) in [7, 11) is 0. The number of halogens is 3. The molecule has 0 fully saturated rings. The van der Waals surface area contributed by atoms with E-state index in [0.717, 1.165) is 89.4 Å². The van der Waals surface area contributed by atoms with Crippen LogP contribution in [0.2, 0.25) is 15.1 Å². The topological polar surface area (TPSA) is 74.4 Å². The van der Waals surface area contributed by atoms with E-state index in [4.69, 9.17) is 44.8 Å². The van der Waals surface area contributed by atoms with Crippen molar-refractivity contribution in [2.24, 2.45) is 0 Å². The number of fused-ring (bicyclic) bond motifs is 8. The fraction of sp³-hybridized carbons (Fsp3) is 0.0426. The summed E-state index contributed by atoms with van der Waals surface area (Å²) in [5, 5.41) is 1.96. The molecule has 10 heteroatoms. The summed E-state index contributed by atoms with van der Waals surface area (Å²) in [6.45, 7) is 0. The lowest BCUT2D eigenvalue weighted by Crippen LogP contribution is -1.96. The maximum Gasteiger partial charge on any atom is 0.219 e. The van der Waals surface area contributed by atoms with E-state index in [1.807, 2.05) is 109 Å². The van der Waals surface area contributed by atoms with Crippen molar-refractivity contribution in [2.45, 2.75) is 0 Å². The molecule has 9 rings (SSSR count). The van der Waals surface area contributed by atoms with Gasteiger partial charge in [0.15, 0.2) is 0 Å². The molecule has 3 aromatic heterocycles. The zero-order valence-electron chi connectivity index (χ0n) is 30.1. The summed E-state index contributed by atoms with van der Waals surface area (Å²) in [5.74, 6) is 1.28. The minimum Gasteiger partial charge on any atom is -0.354 e. The molecule has 4 aromatic carbocycles. The number of nitrogens with one attached hydrogen (secondary N) is 2. The van der Waals surface area contributed by atoms with Gasteiger partial charge in [-0.25, -0.2) is 9.97 Å². The third-order valence-corrected chi connectivity index (χ3v) is 12.1. The standard InChI is InChI=1S/C47H31Cl3N4OS2/c48-32-11-5-28(6-12-32)44-37-19-17-35(51-37)43(27-1-3-31(4-2-27)47(55)57-26-25-56)36-18-20-38(52-36)45(29-7-13-33(49)14-8-29)40-22-24-42(54-40)46(41-23-21-39(44)53-41)30-9-15-34(50)16-10-30/h1-24,51,54,56H,25-26H2. The van der Waals surface area contributed by atoms with Gasteiger partial charge in [-0.1, -0.05) is 95.1 Å². The Hall–Kier alpha value is -5.28. The molecule has 0 radical (unpaired) electrons. The number of aromatic nitrogens is 4. The largest absolute Gasteiger partial charge is 0.354 e. The molecule has 7 aromatic rings. The van der Waals surface area contributed by atoms with Crippen molar-refractivity contribution >= 4 is 111 Å². The van der Waals surface area contributed by atoms with Crippen LogP contribution in [0.5, 0.6) is 0 Å². The Labute approximate surface area is 353 Å². The van der Waals surface area contributed by atoms with Gasteiger partial charge in [-0.3, -0.25) is 4.79 Å². The van der Waals surface area contributed by atoms with Crippen LogP contribution >= 0.6 is 59.2 Å². The number of carbonyl (C=O) groups excluding carboxylic acids is 1. The summed E-state index contributed by atoms with van der Waals surface area (Å²) >= 11 is 24.7. The van der Waals surface area contributed by atoms with Crippen LogP contribution in [-0.4, -0.2) is 36.6 Å². The lowest BCUT2D eigenvalue weighted by molar-refractivity contribution is 0.108. The van der Waals surface area contributed by atoms with Crippen LogP contribution in [0.4, 0.5) is 0 Å². The summed E-state index contributed by atoms with van der Waals surface area (Å²) in [5.41, 5.74) is 14.6. The van der Waals surface area contributed by atoms with Crippen LogP contribution in [0, 0.1) is 0 Å². The molecule has 0 saturated heterocycles. The number of thioether (sulfide) groups is 1. The van der Waals surface area contributed by atoms with Gasteiger partial charge in [-0.2, -0.15) is 12.6 Å². The fourth-order valence-electron chi connectivity index (χ4n) is 7.26. The number of aromatic amines is 2. The van der Waals surface area contributed by atoms with E-state index < -0.39 is 0 Å². The van der Waals surface area contributed by atoms with Gasteiger partial charge < -0.3 is 9.97 Å². The van der Waals surface area contributed by atoms with Crippen molar-refractivity contribution < 1.29 is 4.79 Å². The van der Waals surface area contributed by atoms with Gasteiger partial charge in [0.05, 0.1) is 22.8 Å². The van der Waals surface area contributed by atoms with Crippen LogP contribution in [0.3, 0.4) is 0 Å². The third kappa shape index (κ3) is 7.50. The quantitative estimate of drug-likeness (QED) is 0.140. The van der Waals surface area contributed by atoms with Gasteiger partial charge in [0.25, 0.3) is 0 Å². The Morgan fingerprint density at radius 2 is 0.772 bits per heavy atom. The maximum atomic E-state index is 12.9. The number of hydrogen-bond acceptors (Lipinski definition) is 5. The van der Waals surface area contributed by atoms with Crippen LogP contribution in [0.15, 0.2) is 121 Å². The Morgan fingerprint density at radius 1 is 0.474 bits per heavy atom. The van der Waals surface area contributed by atoms with Crippen molar-refractivity contribution in [3.63, 3.8) is 0 Å². The molecule has 0 atom stereocenters. The van der Waals surface area contributed by atoms with Crippen molar-refractivity contribution in [3.8, 4) is 44.5 Å². The molecular formula is C47H31Cl3N4OS2.